The van der Waals surface area contributed by atoms with Crippen LogP contribution < -0.4 is 0 Å². The molecule has 0 fully saturated rings. The summed E-state index contributed by atoms with van der Waals surface area (Å²) in [6.07, 6.45) is -0.416. The number of halogens is 1. The van der Waals surface area contributed by atoms with Crippen molar-refractivity contribution in [2.75, 3.05) is 0 Å². The molecule has 4 heteroatoms. The highest BCUT2D eigenvalue weighted by molar-refractivity contribution is 5.70. The van der Waals surface area contributed by atoms with Gasteiger partial charge in [0.2, 0.25) is 0 Å². The van der Waals surface area contributed by atoms with Crippen LogP contribution in [-0.4, -0.2) is 16.2 Å². The molecule has 0 amide bonds. The van der Waals surface area contributed by atoms with Crippen molar-refractivity contribution in [2.24, 2.45) is 0 Å². The van der Waals surface area contributed by atoms with Gasteiger partial charge in [-0.1, -0.05) is 12.1 Å². The molecule has 2 N–H and O–H groups in total. The van der Waals surface area contributed by atoms with Gasteiger partial charge in [-0.2, -0.15) is 0 Å². The van der Waals surface area contributed by atoms with Crippen LogP contribution >= 0.6 is 0 Å². The number of phenolic OH excluding ortho intramolecular Hbond substituents is 1. The second kappa shape index (κ2) is 3.21. The predicted octanol–water partition coefficient (Wildman–Crippen LogP) is 1.16. The fraction of sp³-hybridized carbons (Fsp3) is 0.125. The molecule has 0 saturated carbocycles. The number of carbonyl (C=O) groups is 1. The molecule has 0 aliphatic rings. The molecule has 12 heavy (non-hydrogen) atoms. The first-order chi connectivity index (χ1) is 5.61. The Bertz CT molecular complexity index is 309. The van der Waals surface area contributed by atoms with E-state index in [0.29, 0.717) is 0 Å². The molecule has 0 heterocycles. The second-order valence-corrected chi connectivity index (χ2v) is 2.32. The molecular formula is C8H7FO3. The van der Waals surface area contributed by atoms with Crippen molar-refractivity contribution in [3.8, 4) is 5.75 Å². The van der Waals surface area contributed by atoms with E-state index in [0.717, 1.165) is 0 Å². The van der Waals surface area contributed by atoms with E-state index in [-0.39, 0.29) is 5.56 Å². The Morgan fingerprint density at radius 1 is 1.50 bits per heavy atom. The van der Waals surface area contributed by atoms with Crippen LogP contribution in [-0.2, 0) is 11.2 Å². The van der Waals surface area contributed by atoms with E-state index in [1.807, 2.05) is 0 Å². The van der Waals surface area contributed by atoms with E-state index >= 15 is 0 Å². The average molecular weight is 170 g/mol. The third-order valence-corrected chi connectivity index (χ3v) is 1.40. The molecule has 0 unspecified atom stereocenters. The molecule has 64 valence electrons. The maximum Gasteiger partial charge on any atom is 0.307 e. The highest BCUT2D eigenvalue weighted by Gasteiger charge is 2.09. The summed E-state index contributed by atoms with van der Waals surface area (Å²) in [4.78, 5) is 10.2. The van der Waals surface area contributed by atoms with Crippen LogP contribution in [0.3, 0.4) is 0 Å². The maximum absolute atomic E-state index is 12.8. The molecule has 0 spiro atoms. The van der Waals surface area contributed by atoms with E-state index in [1.54, 1.807) is 0 Å². The fourth-order valence-corrected chi connectivity index (χ4v) is 0.866. The molecular weight excluding hydrogens is 163 g/mol. The minimum atomic E-state index is -1.13. The number of carboxylic acids is 1. The van der Waals surface area contributed by atoms with Gasteiger partial charge >= 0.3 is 5.97 Å². The molecule has 1 rings (SSSR count). The number of hydrogen-bond donors (Lipinski definition) is 2. The van der Waals surface area contributed by atoms with E-state index in [4.69, 9.17) is 10.2 Å². The minimum absolute atomic E-state index is 0.0116. The lowest BCUT2D eigenvalue weighted by molar-refractivity contribution is -0.136. The van der Waals surface area contributed by atoms with Gasteiger partial charge < -0.3 is 10.2 Å². The van der Waals surface area contributed by atoms with E-state index in [2.05, 4.69) is 0 Å². The summed E-state index contributed by atoms with van der Waals surface area (Å²) in [7, 11) is 0. The first kappa shape index (κ1) is 8.52. The zero-order chi connectivity index (χ0) is 9.14. The molecule has 0 aliphatic heterocycles. The van der Waals surface area contributed by atoms with Gasteiger partial charge in [-0.25, -0.2) is 4.39 Å². The number of benzene rings is 1. The summed E-state index contributed by atoms with van der Waals surface area (Å²) in [5.41, 5.74) is -0.0116. The lowest BCUT2D eigenvalue weighted by atomic mass is 10.1. The molecule has 0 radical (unpaired) electrons. The van der Waals surface area contributed by atoms with Crippen molar-refractivity contribution in [1.82, 2.24) is 0 Å². The molecule has 0 aromatic heterocycles. The third-order valence-electron chi connectivity index (χ3n) is 1.40. The summed E-state index contributed by atoms with van der Waals surface area (Å²) < 4.78 is 12.8. The molecule has 3 nitrogen and oxygen atoms in total. The van der Waals surface area contributed by atoms with Gasteiger partial charge in [0, 0.05) is 5.56 Å². The summed E-state index contributed by atoms with van der Waals surface area (Å²) in [6.45, 7) is 0. The molecule has 0 saturated heterocycles. The minimum Gasteiger partial charge on any atom is -0.505 e. The SMILES string of the molecule is O=C(O)Cc1cccc(O)c1F. The Labute approximate surface area is 68.1 Å². The van der Waals surface area contributed by atoms with E-state index in [9.17, 15) is 9.18 Å². The van der Waals surface area contributed by atoms with Gasteiger partial charge in [0.05, 0.1) is 6.42 Å². The van der Waals surface area contributed by atoms with Crippen LogP contribution in [0, 0.1) is 5.82 Å². The van der Waals surface area contributed by atoms with Crippen LogP contribution in [0.25, 0.3) is 0 Å². The van der Waals surface area contributed by atoms with Gasteiger partial charge in [0.15, 0.2) is 11.6 Å². The summed E-state index contributed by atoms with van der Waals surface area (Å²) in [6, 6.07) is 3.89. The number of phenols is 1. The van der Waals surface area contributed by atoms with Crippen molar-refractivity contribution in [3.63, 3.8) is 0 Å². The monoisotopic (exact) mass is 170 g/mol. The summed E-state index contributed by atoms with van der Waals surface area (Å²) >= 11 is 0. The largest absolute Gasteiger partial charge is 0.505 e. The van der Waals surface area contributed by atoms with Crippen LogP contribution in [0.4, 0.5) is 4.39 Å². The van der Waals surface area contributed by atoms with Gasteiger partial charge in [-0.3, -0.25) is 4.79 Å². The molecule has 0 aliphatic carbocycles. The zero-order valence-electron chi connectivity index (χ0n) is 6.12. The maximum atomic E-state index is 12.8. The first-order valence-corrected chi connectivity index (χ1v) is 3.29. The van der Waals surface area contributed by atoms with Crippen LogP contribution in [0.5, 0.6) is 5.75 Å². The molecule has 1 aromatic rings. The lowest BCUT2D eigenvalue weighted by Gasteiger charge is -2.00. The number of rotatable bonds is 2. The lowest BCUT2D eigenvalue weighted by Crippen LogP contribution is -2.02. The van der Waals surface area contributed by atoms with Crippen molar-refractivity contribution >= 4 is 5.97 Å². The highest BCUT2D eigenvalue weighted by atomic mass is 19.1. The third kappa shape index (κ3) is 1.72. The average Bonchev–Trinajstić information content (AvgIpc) is 1.98. The predicted molar refractivity (Wildman–Crippen MR) is 39.4 cm³/mol. The number of aliphatic carboxylic acids is 1. The van der Waals surface area contributed by atoms with Crippen molar-refractivity contribution in [1.29, 1.82) is 0 Å². The van der Waals surface area contributed by atoms with Crippen molar-refractivity contribution < 1.29 is 19.4 Å². The molecule has 0 bridgehead atoms. The van der Waals surface area contributed by atoms with Crippen LogP contribution in [0.1, 0.15) is 5.56 Å². The second-order valence-electron chi connectivity index (χ2n) is 2.32. The smallest absolute Gasteiger partial charge is 0.307 e. The van der Waals surface area contributed by atoms with Crippen LogP contribution in [0.2, 0.25) is 0 Å². The van der Waals surface area contributed by atoms with Gasteiger partial charge in [-0.15, -0.1) is 0 Å². The Kier molecular flexibility index (Phi) is 2.28. The van der Waals surface area contributed by atoms with E-state index < -0.39 is 24.0 Å². The number of carboxylic acid groups (broad SMARTS) is 1. The van der Waals surface area contributed by atoms with Crippen LogP contribution in [0.15, 0.2) is 18.2 Å². The zero-order valence-corrected chi connectivity index (χ0v) is 6.12. The first-order valence-electron chi connectivity index (χ1n) is 3.29. The highest BCUT2D eigenvalue weighted by Crippen LogP contribution is 2.18. The Balaban J connectivity index is 3.00. The fourth-order valence-electron chi connectivity index (χ4n) is 0.866. The topological polar surface area (TPSA) is 57.5 Å². The van der Waals surface area contributed by atoms with Crippen molar-refractivity contribution in [3.05, 3.63) is 29.6 Å². The molecule has 0 atom stereocenters. The standard InChI is InChI=1S/C8H7FO3/c9-8-5(4-7(11)12)2-1-3-6(8)10/h1-3,10H,4H2,(H,11,12). The number of aromatic hydroxyl groups is 1. The summed E-state index contributed by atoms with van der Waals surface area (Å²) in [5.74, 6) is -2.51. The number of hydrogen-bond acceptors (Lipinski definition) is 2. The summed E-state index contributed by atoms with van der Waals surface area (Å²) in [5, 5.41) is 17.2. The Morgan fingerprint density at radius 2 is 2.17 bits per heavy atom. The van der Waals surface area contributed by atoms with Crippen molar-refractivity contribution in [2.45, 2.75) is 6.42 Å². The van der Waals surface area contributed by atoms with Gasteiger partial charge in [0.1, 0.15) is 0 Å². The quantitative estimate of drug-likeness (QED) is 0.700. The van der Waals surface area contributed by atoms with E-state index in [1.165, 1.54) is 18.2 Å². The van der Waals surface area contributed by atoms with Gasteiger partial charge in [0.25, 0.3) is 0 Å². The Morgan fingerprint density at radius 3 is 2.75 bits per heavy atom. The normalized spacial score (nSPS) is 9.75. The van der Waals surface area contributed by atoms with Gasteiger partial charge in [-0.05, 0) is 6.07 Å². The Hall–Kier alpha value is -1.58. The molecule has 1 aromatic carbocycles.